The van der Waals surface area contributed by atoms with Crippen LogP contribution in [-0.2, 0) is 22.2 Å². The van der Waals surface area contributed by atoms with Crippen molar-refractivity contribution in [1.82, 2.24) is 19.4 Å². The third-order valence-corrected chi connectivity index (χ3v) is 8.07. The summed E-state index contributed by atoms with van der Waals surface area (Å²) in [5, 5.41) is 5.11. The third-order valence-electron chi connectivity index (χ3n) is 6.22. The van der Waals surface area contributed by atoms with Gasteiger partial charge in [0, 0.05) is 38.2 Å². The summed E-state index contributed by atoms with van der Waals surface area (Å²) in [5.74, 6) is 1.49. The molecule has 0 bridgehead atoms. The Morgan fingerprint density at radius 2 is 1.66 bits per heavy atom. The summed E-state index contributed by atoms with van der Waals surface area (Å²) in [4.78, 5) is 11.7. The standard InChI is InChI=1S/C26H29N5O3S/c1-2-10-22-27-25(23-24(29-34-26(23)28-22)21-13-7-4-8-14-21)30-15-9-16-31(18-17-30)35(32,33)19-20-11-5-3-6-12-20/h3-8,11-14H,2,9-10,15-19H2,1H3. The molecular weight excluding hydrogens is 462 g/mol. The average Bonchev–Trinajstić information content (AvgIpc) is 3.12. The predicted molar refractivity (Wildman–Crippen MR) is 136 cm³/mol. The van der Waals surface area contributed by atoms with Crippen molar-refractivity contribution in [3.63, 3.8) is 0 Å². The Morgan fingerprint density at radius 3 is 2.40 bits per heavy atom. The zero-order valence-corrected chi connectivity index (χ0v) is 20.6. The van der Waals surface area contributed by atoms with Crippen LogP contribution in [0.4, 0.5) is 5.82 Å². The SMILES string of the molecule is CCCc1nc(N2CCCN(S(=O)(=O)Cc3ccccc3)CC2)c2c(-c3ccccc3)noc2n1. The Balaban J connectivity index is 1.46. The highest BCUT2D eigenvalue weighted by molar-refractivity contribution is 7.88. The van der Waals surface area contributed by atoms with E-state index in [4.69, 9.17) is 9.51 Å². The highest BCUT2D eigenvalue weighted by Crippen LogP contribution is 2.34. The number of aryl methyl sites for hydroxylation is 1. The molecule has 2 aromatic carbocycles. The number of aromatic nitrogens is 3. The summed E-state index contributed by atoms with van der Waals surface area (Å²) in [6, 6.07) is 19.2. The van der Waals surface area contributed by atoms with Crippen LogP contribution in [0.2, 0.25) is 0 Å². The normalized spacial score (nSPS) is 15.4. The van der Waals surface area contributed by atoms with E-state index in [1.165, 1.54) is 0 Å². The predicted octanol–water partition coefficient (Wildman–Crippen LogP) is 4.28. The van der Waals surface area contributed by atoms with Gasteiger partial charge in [0.2, 0.25) is 10.0 Å². The molecule has 9 heteroatoms. The molecule has 5 rings (SSSR count). The molecule has 0 radical (unpaired) electrons. The van der Waals surface area contributed by atoms with Gasteiger partial charge in [0.05, 0.1) is 5.75 Å². The second-order valence-corrected chi connectivity index (χ2v) is 10.7. The van der Waals surface area contributed by atoms with Crippen LogP contribution in [0, 0.1) is 0 Å². The maximum atomic E-state index is 13.2. The van der Waals surface area contributed by atoms with Gasteiger partial charge >= 0.3 is 0 Å². The second-order valence-electron chi connectivity index (χ2n) is 8.77. The molecule has 0 unspecified atom stereocenters. The lowest BCUT2D eigenvalue weighted by Crippen LogP contribution is -2.36. The summed E-state index contributed by atoms with van der Waals surface area (Å²) < 4.78 is 33.6. The third kappa shape index (κ3) is 5.06. The van der Waals surface area contributed by atoms with Gasteiger partial charge in [-0.05, 0) is 18.4 Å². The van der Waals surface area contributed by atoms with Gasteiger partial charge in [-0.15, -0.1) is 0 Å². The zero-order chi connectivity index (χ0) is 24.3. The lowest BCUT2D eigenvalue weighted by molar-refractivity contribution is 0.432. The molecule has 1 fully saturated rings. The van der Waals surface area contributed by atoms with Gasteiger partial charge in [0.25, 0.3) is 5.71 Å². The second kappa shape index (κ2) is 10.1. The Morgan fingerprint density at radius 1 is 0.914 bits per heavy atom. The van der Waals surface area contributed by atoms with Crippen LogP contribution < -0.4 is 4.90 Å². The molecule has 0 amide bonds. The van der Waals surface area contributed by atoms with Crippen LogP contribution in [0.25, 0.3) is 22.4 Å². The number of anilines is 1. The first-order chi connectivity index (χ1) is 17.0. The van der Waals surface area contributed by atoms with Crippen molar-refractivity contribution in [2.75, 3.05) is 31.1 Å². The van der Waals surface area contributed by atoms with Crippen LogP contribution in [-0.4, -0.2) is 54.0 Å². The van der Waals surface area contributed by atoms with E-state index >= 15 is 0 Å². The molecule has 4 aromatic rings. The highest BCUT2D eigenvalue weighted by Gasteiger charge is 2.28. The van der Waals surface area contributed by atoms with Gasteiger partial charge in [0.15, 0.2) is 0 Å². The van der Waals surface area contributed by atoms with E-state index in [1.54, 1.807) is 4.31 Å². The minimum Gasteiger partial charge on any atom is -0.354 e. The van der Waals surface area contributed by atoms with Gasteiger partial charge in [-0.25, -0.2) is 13.4 Å². The van der Waals surface area contributed by atoms with Gasteiger partial charge in [0.1, 0.15) is 22.7 Å². The molecule has 8 nitrogen and oxygen atoms in total. The molecule has 3 heterocycles. The maximum absolute atomic E-state index is 13.2. The molecule has 1 aliphatic heterocycles. The minimum absolute atomic E-state index is 0.00997. The molecule has 0 N–H and O–H groups in total. The summed E-state index contributed by atoms with van der Waals surface area (Å²) in [5.41, 5.74) is 2.90. The van der Waals surface area contributed by atoms with E-state index in [9.17, 15) is 8.42 Å². The minimum atomic E-state index is -3.42. The van der Waals surface area contributed by atoms with Crippen molar-refractivity contribution in [3.05, 3.63) is 72.1 Å². The fourth-order valence-electron chi connectivity index (χ4n) is 4.50. The van der Waals surface area contributed by atoms with Gasteiger partial charge in [-0.2, -0.15) is 9.29 Å². The number of hydrogen-bond donors (Lipinski definition) is 0. The molecule has 182 valence electrons. The van der Waals surface area contributed by atoms with Gasteiger partial charge < -0.3 is 9.42 Å². The first-order valence-electron chi connectivity index (χ1n) is 12.0. The molecule has 1 aliphatic rings. The smallest absolute Gasteiger partial charge is 0.263 e. The van der Waals surface area contributed by atoms with Crippen LogP contribution in [0.15, 0.2) is 65.2 Å². The van der Waals surface area contributed by atoms with E-state index in [0.717, 1.165) is 35.2 Å². The Hall–Kier alpha value is -3.30. The molecule has 0 saturated carbocycles. The summed E-state index contributed by atoms with van der Waals surface area (Å²) in [6.07, 6.45) is 2.35. The maximum Gasteiger partial charge on any atom is 0.263 e. The van der Waals surface area contributed by atoms with Crippen molar-refractivity contribution in [1.29, 1.82) is 0 Å². The Kier molecular flexibility index (Phi) is 6.79. The number of rotatable bonds is 7. The number of hydrogen-bond acceptors (Lipinski definition) is 7. The zero-order valence-electron chi connectivity index (χ0n) is 19.8. The van der Waals surface area contributed by atoms with Crippen molar-refractivity contribution in [2.45, 2.75) is 31.9 Å². The summed E-state index contributed by atoms with van der Waals surface area (Å²) >= 11 is 0. The monoisotopic (exact) mass is 491 g/mol. The van der Waals surface area contributed by atoms with E-state index in [1.807, 2.05) is 60.7 Å². The van der Waals surface area contributed by atoms with Crippen LogP contribution in [0.3, 0.4) is 0 Å². The van der Waals surface area contributed by atoms with E-state index in [2.05, 4.69) is 22.0 Å². The van der Waals surface area contributed by atoms with E-state index < -0.39 is 10.0 Å². The number of benzene rings is 2. The number of fused-ring (bicyclic) bond motifs is 1. The first kappa shape index (κ1) is 23.4. The number of sulfonamides is 1. The fourth-order valence-corrected chi connectivity index (χ4v) is 6.06. The van der Waals surface area contributed by atoms with Crippen molar-refractivity contribution < 1.29 is 12.9 Å². The molecule has 0 spiro atoms. The fraction of sp³-hybridized carbons (Fsp3) is 0.346. The first-order valence-corrected chi connectivity index (χ1v) is 13.6. The molecule has 1 saturated heterocycles. The molecule has 35 heavy (non-hydrogen) atoms. The lowest BCUT2D eigenvalue weighted by Gasteiger charge is -2.23. The molecular formula is C26H29N5O3S. The number of nitrogens with zero attached hydrogens (tertiary/aromatic N) is 5. The van der Waals surface area contributed by atoms with Crippen LogP contribution in [0.1, 0.15) is 31.2 Å². The Bertz CT molecular complexity index is 1390. The van der Waals surface area contributed by atoms with E-state index in [0.29, 0.717) is 49.8 Å². The Labute approximate surface area is 205 Å². The van der Waals surface area contributed by atoms with Crippen LogP contribution in [0.5, 0.6) is 0 Å². The van der Waals surface area contributed by atoms with Gasteiger partial charge in [-0.1, -0.05) is 72.7 Å². The quantitative estimate of drug-likeness (QED) is 0.381. The lowest BCUT2D eigenvalue weighted by atomic mass is 10.1. The molecule has 0 aliphatic carbocycles. The van der Waals surface area contributed by atoms with Gasteiger partial charge in [-0.3, -0.25) is 0 Å². The summed E-state index contributed by atoms with van der Waals surface area (Å²) in [6.45, 7) is 4.19. The van der Waals surface area contributed by atoms with Crippen molar-refractivity contribution in [2.24, 2.45) is 0 Å². The van der Waals surface area contributed by atoms with Crippen molar-refractivity contribution >= 4 is 26.9 Å². The topological polar surface area (TPSA) is 92.4 Å². The average molecular weight is 492 g/mol. The van der Waals surface area contributed by atoms with Crippen molar-refractivity contribution in [3.8, 4) is 11.3 Å². The molecule has 2 aromatic heterocycles. The highest BCUT2D eigenvalue weighted by atomic mass is 32.2. The largest absolute Gasteiger partial charge is 0.354 e. The van der Waals surface area contributed by atoms with E-state index in [-0.39, 0.29) is 5.75 Å². The molecule has 0 atom stereocenters. The summed E-state index contributed by atoms with van der Waals surface area (Å²) in [7, 11) is -3.42. The van der Waals surface area contributed by atoms with Crippen LogP contribution >= 0.6 is 0 Å².